The van der Waals surface area contributed by atoms with E-state index in [1.807, 2.05) is 12.1 Å². The van der Waals surface area contributed by atoms with Gasteiger partial charge in [-0.05, 0) is 55.0 Å². The number of nitrogens with one attached hydrogen (secondary N) is 1. The zero-order chi connectivity index (χ0) is 25.9. The minimum Gasteiger partial charge on any atom is -0.353 e. The highest BCUT2D eigenvalue weighted by Gasteiger charge is 2.47. The molecule has 0 spiro atoms. The molecule has 0 aromatic heterocycles. The molecule has 1 aliphatic heterocycles. The van der Waals surface area contributed by atoms with Crippen molar-refractivity contribution in [2.45, 2.75) is 31.7 Å². The van der Waals surface area contributed by atoms with Crippen molar-refractivity contribution in [1.29, 1.82) is 0 Å². The van der Waals surface area contributed by atoms with E-state index in [4.69, 9.17) is 20.0 Å². The second-order valence-electron chi connectivity index (χ2n) is 8.76. The first-order chi connectivity index (χ1) is 16.3. The molecule has 1 amide bonds. The number of carbonyl (C=O) groups excluding carboxylic acids is 1. The third-order valence-electron chi connectivity index (χ3n) is 5.86. The van der Waals surface area contributed by atoms with E-state index in [-0.39, 0.29) is 31.3 Å². The summed E-state index contributed by atoms with van der Waals surface area (Å²) < 4.78 is 69.5. The summed E-state index contributed by atoms with van der Waals surface area (Å²) in [6.07, 6.45) is 3.20. The van der Waals surface area contributed by atoms with Crippen LogP contribution in [0.15, 0.2) is 42.5 Å². The van der Waals surface area contributed by atoms with Crippen molar-refractivity contribution in [2.24, 2.45) is 5.41 Å². The van der Waals surface area contributed by atoms with Crippen molar-refractivity contribution in [3.63, 3.8) is 0 Å². The van der Waals surface area contributed by atoms with Gasteiger partial charge in [-0.15, -0.1) is 0 Å². The largest absolute Gasteiger partial charge is 0.353 e. The van der Waals surface area contributed by atoms with Crippen LogP contribution in [0.1, 0.15) is 24.8 Å². The van der Waals surface area contributed by atoms with E-state index in [9.17, 15) is 26.0 Å². The normalized spacial score (nSPS) is 20.7. The fourth-order valence-electron chi connectivity index (χ4n) is 4.06. The third kappa shape index (κ3) is 7.97. The van der Waals surface area contributed by atoms with Gasteiger partial charge in [-0.3, -0.25) is 13.2 Å². The van der Waals surface area contributed by atoms with Gasteiger partial charge in [0.1, 0.15) is 5.82 Å². The molecule has 3 rings (SSSR count). The molecule has 1 fully saturated rings. The fraction of sp³-hybridized carbons (Fsp3) is 0.435. The van der Waals surface area contributed by atoms with E-state index in [0.717, 1.165) is 18.1 Å². The second kappa shape index (κ2) is 10.9. The van der Waals surface area contributed by atoms with Gasteiger partial charge in [-0.25, -0.2) is 4.39 Å². The van der Waals surface area contributed by atoms with E-state index in [1.165, 1.54) is 12.1 Å². The van der Waals surface area contributed by atoms with Crippen LogP contribution in [-0.4, -0.2) is 54.5 Å². The molecule has 0 radical (unpaired) electrons. The van der Waals surface area contributed by atoms with E-state index in [0.29, 0.717) is 29.0 Å². The number of amides is 1. The molecule has 1 saturated heterocycles. The van der Waals surface area contributed by atoms with Crippen LogP contribution in [0.5, 0.6) is 0 Å². The number of rotatable bonds is 11. The quantitative estimate of drug-likeness (QED) is 0.429. The Labute approximate surface area is 210 Å². The van der Waals surface area contributed by atoms with Gasteiger partial charge in [0.05, 0.1) is 31.1 Å². The van der Waals surface area contributed by atoms with E-state index in [2.05, 4.69) is 5.32 Å². The first-order valence-electron chi connectivity index (χ1n) is 10.8. The highest BCUT2D eigenvalue weighted by atomic mass is 35.5. The summed E-state index contributed by atoms with van der Waals surface area (Å²) in [6.45, 7) is -0.672. The number of hydrogen-bond donors (Lipinski definition) is 1. The zero-order valence-electron chi connectivity index (χ0n) is 19.3. The molecule has 8 nitrogen and oxygen atoms in total. The Morgan fingerprint density at radius 3 is 2.34 bits per heavy atom. The summed E-state index contributed by atoms with van der Waals surface area (Å²) in [5.74, 6) is -0.779. The summed E-state index contributed by atoms with van der Waals surface area (Å²) >= 11 is 5.98. The Morgan fingerprint density at radius 1 is 1.06 bits per heavy atom. The van der Waals surface area contributed by atoms with Crippen molar-refractivity contribution in [3.8, 4) is 11.1 Å². The minimum atomic E-state index is -3.81. The van der Waals surface area contributed by atoms with Crippen molar-refractivity contribution in [3.05, 3.63) is 58.9 Å². The highest BCUT2D eigenvalue weighted by molar-refractivity contribution is 7.86. The van der Waals surface area contributed by atoms with Gasteiger partial charge in [0.2, 0.25) is 5.91 Å². The van der Waals surface area contributed by atoms with E-state index < -0.39 is 38.2 Å². The molecule has 0 bridgehead atoms. The molecule has 35 heavy (non-hydrogen) atoms. The molecule has 2 aromatic rings. The Hall–Kier alpha value is -2.05. The van der Waals surface area contributed by atoms with Crippen LogP contribution in [0.2, 0.25) is 5.02 Å². The smallest absolute Gasteiger partial charge is 0.264 e. The zero-order valence-corrected chi connectivity index (χ0v) is 21.7. The third-order valence-corrected chi connectivity index (χ3v) is 7.23. The molecule has 192 valence electrons. The summed E-state index contributed by atoms with van der Waals surface area (Å²) in [5.41, 5.74) is 0.826. The molecule has 2 aromatic carbocycles. The maximum atomic E-state index is 14.1. The average molecular weight is 548 g/mol. The van der Waals surface area contributed by atoms with E-state index >= 15 is 0 Å². The molecule has 1 unspecified atom stereocenters. The molecule has 0 saturated carbocycles. The molecular formula is C23H27ClFNO7S2. The van der Waals surface area contributed by atoms with Gasteiger partial charge < -0.3 is 5.32 Å². The second-order valence-corrected chi connectivity index (χ2v) is 12.5. The van der Waals surface area contributed by atoms with Gasteiger partial charge in [0, 0.05) is 16.6 Å². The Kier molecular flexibility index (Phi) is 8.59. The van der Waals surface area contributed by atoms with Crippen LogP contribution >= 0.6 is 11.6 Å². The maximum absolute atomic E-state index is 14.1. The minimum absolute atomic E-state index is 0.0161. The van der Waals surface area contributed by atoms with Gasteiger partial charge in [0.15, 0.2) is 0 Å². The van der Waals surface area contributed by atoms with Gasteiger partial charge in [-0.2, -0.15) is 16.8 Å². The number of aryl methyl sites for hydroxylation is 1. The number of halogens is 2. The molecule has 0 aliphatic carbocycles. The van der Waals surface area contributed by atoms with Crippen LogP contribution in [0.4, 0.5) is 4.39 Å². The van der Waals surface area contributed by atoms with Crippen LogP contribution in [0, 0.1) is 11.2 Å². The Balaban J connectivity index is 1.66. The SMILES string of the molecule is CS(=O)(=O)OCCC1(COS(C)(=O)=O)C[C@@H](CCc2ccc(-c3cc(Cl)ccc3F)cc2)NC1=O. The van der Waals surface area contributed by atoms with Crippen molar-refractivity contribution >= 4 is 37.7 Å². The number of carbonyl (C=O) groups is 1. The molecular weight excluding hydrogens is 521 g/mol. The van der Waals surface area contributed by atoms with Crippen LogP contribution in [0.25, 0.3) is 11.1 Å². The molecule has 2 atom stereocenters. The first kappa shape index (κ1) is 27.5. The fourth-order valence-corrected chi connectivity index (χ4v) is 5.06. The Bertz CT molecular complexity index is 1280. The highest BCUT2D eigenvalue weighted by Crippen LogP contribution is 2.36. The average Bonchev–Trinajstić information content (AvgIpc) is 3.07. The topological polar surface area (TPSA) is 116 Å². The molecule has 1 aliphatic rings. The predicted molar refractivity (Wildman–Crippen MR) is 130 cm³/mol. The predicted octanol–water partition coefficient (Wildman–Crippen LogP) is 3.30. The number of hydrogen-bond acceptors (Lipinski definition) is 7. The lowest BCUT2D eigenvalue weighted by Crippen LogP contribution is -2.37. The molecule has 1 heterocycles. The summed E-state index contributed by atoms with van der Waals surface area (Å²) in [5, 5.41) is 3.30. The van der Waals surface area contributed by atoms with Crippen molar-refractivity contribution in [2.75, 3.05) is 25.7 Å². The van der Waals surface area contributed by atoms with E-state index in [1.54, 1.807) is 18.2 Å². The van der Waals surface area contributed by atoms with Gasteiger partial charge in [0.25, 0.3) is 20.2 Å². The van der Waals surface area contributed by atoms with Crippen molar-refractivity contribution in [1.82, 2.24) is 5.32 Å². The lowest BCUT2D eigenvalue weighted by atomic mass is 9.82. The molecule has 1 N–H and O–H groups in total. The summed E-state index contributed by atoms with van der Waals surface area (Å²) in [6, 6.07) is 11.4. The van der Waals surface area contributed by atoms with Crippen LogP contribution < -0.4 is 5.32 Å². The first-order valence-corrected chi connectivity index (χ1v) is 14.8. The number of benzene rings is 2. The lowest BCUT2D eigenvalue weighted by Gasteiger charge is -2.25. The van der Waals surface area contributed by atoms with Crippen LogP contribution in [-0.2, 0) is 39.8 Å². The lowest BCUT2D eigenvalue weighted by molar-refractivity contribution is -0.129. The molecule has 12 heteroatoms. The summed E-state index contributed by atoms with van der Waals surface area (Å²) in [7, 11) is -7.52. The maximum Gasteiger partial charge on any atom is 0.264 e. The van der Waals surface area contributed by atoms with Gasteiger partial charge in [-0.1, -0.05) is 35.9 Å². The Morgan fingerprint density at radius 2 is 1.71 bits per heavy atom. The standard InChI is InChI=1S/C23H27ClFNO7S2/c1-34(28,29)32-12-11-23(15-33-35(2,30)31)14-19(26-22(23)27)9-5-16-3-6-17(7-4-16)20-13-18(24)8-10-21(20)25/h3-4,6-8,10,13,19H,5,9,11-12,14-15H2,1-2H3,(H,26,27)/t19-,23?/m1/s1. The van der Waals surface area contributed by atoms with Crippen molar-refractivity contribution < 1.29 is 34.4 Å². The van der Waals surface area contributed by atoms with Crippen LogP contribution in [0.3, 0.4) is 0 Å². The van der Waals surface area contributed by atoms with Gasteiger partial charge >= 0.3 is 0 Å². The monoisotopic (exact) mass is 547 g/mol. The summed E-state index contributed by atoms with van der Waals surface area (Å²) in [4.78, 5) is 12.8.